The van der Waals surface area contributed by atoms with E-state index in [0.717, 1.165) is 0 Å². The number of hydrogen-bond donors (Lipinski definition) is 1. The Hall–Kier alpha value is -2.11. The number of nitrogens with zero attached hydrogens (tertiary/aromatic N) is 1. The molecule has 0 saturated carbocycles. The molecule has 1 atom stereocenters. The standard InChI is InChI=1S/C14H18FNO4/c1-10(14(18)19)16(2)13(17)4-3-9-20-12-7-5-11(15)6-8-12/h5-8,10H,3-4,9H2,1-2H3,(H,18,19). The van der Waals surface area contributed by atoms with Gasteiger partial charge in [0.1, 0.15) is 17.6 Å². The van der Waals surface area contributed by atoms with Gasteiger partial charge in [-0.1, -0.05) is 0 Å². The molecule has 0 aliphatic heterocycles. The molecule has 0 heterocycles. The van der Waals surface area contributed by atoms with Crippen molar-refractivity contribution in [3.05, 3.63) is 30.1 Å². The summed E-state index contributed by atoms with van der Waals surface area (Å²) in [6, 6.07) is 4.76. The molecule has 0 spiro atoms. The number of ether oxygens (including phenoxy) is 1. The number of hydrogen-bond acceptors (Lipinski definition) is 3. The molecule has 6 heteroatoms. The van der Waals surface area contributed by atoms with Crippen molar-refractivity contribution >= 4 is 11.9 Å². The molecule has 0 fully saturated rings. The molecule has 20 heavy (non-hydrogen) atoms. The summed E-state index contributed by atoms with van der Waals surface area (Å²) in [5, 5.41) is 8.79. The van der Waals surface area contributed by atoms with E-state index in [0.29, 0.717) is 18.8 Å². The van der Waals surface area contributed by atoms with E-state index in [1.54, 1.807) is 0 Å². The highest BCUT2D eigenvalue weighted by Gasteiger charge is 2.20. The van der Waals surface area contributed by atoms with Gasteiger partial charge in [-0.25, -0.2) is 9.18 Å². The van der Waals surface area contributed by atoms with E-state index >= 15 is 0 Å². The van der Waals surface area contributed by atoms with Crippen LogP contribution in [0.15, 0.2) is 24.3 Å². The number of benzene rings is 1. The first-order chi connectivity index (χ1) is 9.41. The third-order valence-corrected chi connectivity index (χ3v) is 2.95. The van der Waals surface area contributed by atoms with E-state index in [9.17, 15) is 14.0 Å². The maximum absolute atomic E-state index is 12.7. The van der Waals surface area contributed by atoms with Crippen LogP contribution in [0.25, 0.3) is 0 Å². The Labute approximate surface area is 117 Å². The summed E-state index contributed by atoms with van der Waals surface area (Å²) in [7, 11) is 1.46. The van der Waals surface area contributed by atoms with Crippen molar-refractivity contribution in [3.8, 4) is 5.75 Å². The number of rotatable bonds is 7. The number of carboxylic acid groups (broad SMARTS) is 1. The van der Waals surface area contributed by atoms with Gasteiger partial charge in [0.05, 0.1) is 6.61 Å². The number of carbonyl (C=O) groups is 2. The molecule has 1 unspecified atom stereocenters. The molecule has 1 aromatic rings. The van der Waals surface area contributed by atoms with Crippen LogP contribution in [0.4, 0.5) is 4.39 Å². The summed E-state index contributed by atoms with van der Waals surface area (Å²) in [5.74, 6) is -1.09. The second-order valence-corrected chi connectivity index (χ2v) is 4.42. The van der Waals surface area contributed by atoms with E-state index in [-0.39, 0.29) is 18.1 Å². The van der Waals surface area contributed by atoms with Gasteiger partial charge in [-0.3, -0.25) is 4.79 Å². The summed E-state index contributed by atoms with van der Waals surface area (Å²) in [5.41, 5.74) is 0. The van der Waals surface area contributed by atoms with Crippen molar-refractivity contribution in [2.75, 3.05) is 13.7 Å². The van der Waals surface area contributed by atoms with Gasteiger partial charge in [-0.05, 0) is 37.6 Å². The molecule has 0 aliphatic rings. The molecule has 1 aromatic carbocycles. The van der Waals surface area contributed by atoms with Crippen LogP contribution >= 0.6 is 0 Å². The molecule has 1 amide bonds. The third kappa shape index (κ3) is 4.87. The van der Waals surface area contributed by atoms with Crippen LogP contribution in [0.3, 0.4) is 0 Å². The molecule has 110 valence electrons. The highest BCUT2D eigenvalue weighted by atomic mass is 19.1. The van der Waals surface area contributed by atoms with Crippen LogP contribution in [0.1, 0.15) is 19.8 Å². The largest absolute Gasteiger partial charge is 0.494 e. The lowest BCUT2D eigenvalue weighted by Crippen LogP contribution is -2.40. The normalized spacial score (nSPS) is 11.8. The highest BCUT2D eigenvalue weighted by molar-refractivity contribution is 5.83. The van der Waals surface area contributed by atoms with Crippen LogP contribution in [0.5, 0.6) is 5.75 Å². The average Bonchev–Trinajstić information content (AvgIpc) is 2.43. The summed E-state index contributed by atoms with van der Waals surface area (Å²) in [4.78, 5) is 23.6. The first-order valence-electron chi connectivity index (χ1n) is 6.28. The minimum absolute atomic E-state index is 0.204. The number of likely N-dealkylation sites (N-methyl/N-ethyl adjacent to an activating group) is 1. The van der Waals surface area contributed by atoms with Gasteiger partial charge >= 0.3 is 5.97 Å². The summed E-state index contributed by atoms with van der Waals surface area (Å²) < 4.78 is 18.0. The van der Waals surface area contributed by atoms with E-state index in [1.807, 2.05) is 0 Å². The van der Waals surface area contributed by atoms with Crippen LogP contribution in [0.2, 0.25) is 0 Å². The minimum atomic E-state index is -1.04. The maximum Gasteiger partial charge on any atom is 0.326 e. The molecule has 1 N–H and O–H groups in total. The van der Waals surface area contributed by atoms with Gasteiger partial charge < -0.3 is 14.7 Å². The number of aliphatic carboxylic acids is 1. The zero-order valence-corrected chi connectivity index (χ0v) is 11.5. The van der Waals surface area contributed by atoms with E-state index in [2.05, 4.69) is 0 Å². The Morgan fingerprint density at radius 1 is 1.35 bits per heavy atom. The van der Waals surface area contributed by atoms with Crippen LogP contribution < -0.4 is 4.74 Å². The third-order valence-electron chi connectivity index (χ3n) is 2.95. The average molecular weight is 283 g/mol. The lowest BCUT2D eigenvalue weighted by atomic mass is 10.2. The van der Waals surface area contributed by atoms with Gasteiger partial charge in [0.25, 0.3) is 0 Å². The summed E-state index contributed by atoms with van der Waals surface area (Å²) in [6.45, 7) is 1.77. The first kappa shape index (κ1) is 15.9. The molecule has 0 saturated heterocycles. The molecule has 1 rings (SSSR count). The zero-order chi connectivity index (χ0) is 15.1. The second kappa shape index (κ2) is 7.47. The lowest BCUT2D eigenvalue weighted by molar-refractivity contribution is -0.148. The van der Waals surface area contributed by atoms with Gasteiger partial charge in [0, 0.05) is 13.5 Å². The molecule has 0 radical (unpaired) electrons. The second-order valence-electron chi connectivity index (χ2n) is 4.42. The fourth-order valence-electron chi connectivity index (χ4n) is 1.50. The van der Waals surface area contributed by atoms with Crippen molar-refractivity contribution in [3.63, 3.8) is 0 Å². The monoisotopic (exact) mass is 283 g/mol. The molecular formula is C14H18FNO4. The van der Waals surface area contributed by atoms with E-state index in [4.69, 9.17) is 9.84 Å². The van der Waals surface area contributed by atoms with Gasteiger partial charge in [-0.2, -0.15) is 0 Å². The smallest absolute Gasteiger partial charge is 0.326 e. The molecular weight excluding hydrogens is 265 g/mol. The maximum atomic E-state index is 12.7. The fraction of sp³-hybridized carbons (Fsp3) is 0.429. The van der Waals surface area contributed by atoms with Crippen LogP contribution in [0, 0.1) is 5.82 Å². The summed E-state index contributed by atoms with van der Waals surface area (Å²) >= 11 is 0. The quantitative estimate of drug-likeness (QED) is 0.776. The Morgan fingerprint density at radius 2 is 1.95 bits per heavy atom. The Morgan fingerprint density at radius 3 is 2.50 bits per heavy atom. The number of halogens is 1. The van der Waals surface area contributed by atoms with Gasteiger partial charge in [-0.15, -0.1) is 0 Å². The zero-order valence-electron chi connectivity index (χ0n) is 11.5. The number of amides is 1. The Kier molecular flexibility index (Phi) is 5.96. The lowest BCUT2D eigenvalue weighted by Gasteiger charge is -2.21. The SMILES string of the molecule is CC(C(=O)O)N(C)C(=O)CCCOc1ccc(F)cc1. The highest BCUT2D eigenvalue weighted by Crippen LogP contribution is 2.11. The Balaban J connectivity index is 2.28. The molecule has 0 aromatic heterocycles. The number of carbonyl (C=O) groups excluding carboxylic acids is 1. The van der Waals surface area contributed by atoms with Gasteiger partial charge in [0.2, 0.25) is 5.91 Å². The Bertz CT molecular complexity index is 461. The van der Waals surface area contributed by atoms with Crippen molar-refractivity contribution < 1.29 is 23.8 Å². The minimum Gasteiger partial charge on any atom is -0.494 e. The van der Waals surface area contributed by atoms with E-state index < -0.39 is 12.0 Å². The molecule has 0 bridgehead atoms. The van der Waals surface area contributed by atoms with Crippen molar-refractivity contribution in [2.24, 2.45) is 0 Å². The number of carboxylic acids is 1. The molecule has 5 nitrogen and oxygen atoms in total. The first-order valence-corrected chi connectivity index (χ1v) is 6.28. The van der Waals surface area contributed by atoms with Crippen LogP contribution in [-0.4, -0.2) is 41.6 Å². The topological polar surface area (TPSA) is 66.8 Å². The molecule has 0 aliphatic carbocycles. The summed E-state index contributed by atoms with van der Waals surface area (Å²) in [6.07, 6.45) is 0.669. The fourth-order valence-corrected chi connectivity index (χ4v) is 1.50. The van der Waals surface area contributed by atoms with Gasteiger partial charge in [0.15, 0.2) is 0 Å². The predicted octanol–water partition coefficient (Wildman–Crippen LogP) is 1.92. The van der Waals surface area contributed by atoms with E-state index in [1.165, 1.54) is 43.1 Å². The van der Waals surface area contributed by atoms with Crippen LogP contribution in [-0.2, 0) is 9.59 Å². The van der Waals surface area contributed by atoms with Crippen molar-refractivity contribution in [1.29, 1.82) is 0 Å². The van der Waals surface area contributed by atoms with Crippen molar-refractivity contribution in [2.45, 2.75) is 25.8 Å². The van der Waals surface area contributed by atoms with Crippen molar-refractivity contribution in [1.82, 2.24) is 4.90 Å². The predicted molar refractivity (Wildman–Crippen MR) is 71.0 cm³/mol.